The molecule has 0 amide bonds. The minimum atomic E-state index is 0.545. The molecule has 1 atom stereocenters. The topological polar surface area (TPSA) is 16.1 Å². The summed E-state index contributed by atoms with van der Waals surface area (Å²) in [5, 5.41) is 1.21. The van der Waals surface area contributed by atoms with Gasteiger partial charge in [-0.25, -0.2) is 4.98 Å². The molecule has 17 heavy (non-hydrogen) atoms. The Labute approximate surface area is 110 Å². The quantitative estimate of drug-likeness (QED) is 0.791. The Morgan fingerprint density at radius 2 is 2.29 bits per heavy atom. The third-order valence-electron chi connectivity index (χ3n) is 3.35. The molecule has 1 unspecified atom stereocenters. The first kappa shape index (κ1) is 11.5. The summed E-state index contributed by atoms with van der Waals surface area (Å²) < 4.78 is 1.28. The number of hydrogen-bond acceptors (Lipinski definition) is 3. The van der Waals surface area contributed by atoms with E-state index in [9.17, 15) is 0 Å². The van der Waals surface area contributed by atoms with E-state index < -0.39 is 0 Å². The van der Waals surface area contributed by atoms with Gasteiger partial charge in [-0.15, -0.1) is 22.9 Å². The van der Waals surface area contributed by atoms with E-state index in [1.54, 1.807) is 11.3 Å². The van der Waals surface area contributed by atoms with Crippen molar-refractivity contribution in [1.82, 2.24) is 9.88 Å². The van der Waals surface area contributed by atoms with Gasteiger partial charge >= 0.3 is 0 Å². The van der Waals surface area contributed by atoms with E-state index in [0.29, 0.717) is 6.04 Å². The normalized spacial score (nSPS) is 21.4. The Morgan fingerprint density at radius 1 is 1.41 bits per heavy atom. The molecule has 90 valence electrons. The van der Waals surface area contributed by atoms with Crippen LogP contribution in [0.3, 0.4) is 0 Å². The first-order valence-electron chi connectivity index (χ1n) is 6.01. The summed E-state index contributed by atoms with van der Waals surface area (Å²) in [5.41, 5.74) is 1.12. The van der Waals surface area contributed by atoms with E-state index >= 15 is 0 Å². The number of alkyl halides is 1. The van der Waals surface area contributed by atoms with E-state index in [1.807, 2.05) is 6.07 Å². The van der Waals surface area contributed by atoms with Crippen molar-refractivity contribution in [3.8, 4) is 0 Å². The first-order valence-corrected chi connectivity index (χ1v) is 7.36. The van der Waals surface area contributed by atoms with Gasteiger partial charge in [0.05, 0.1) is 16.8 Å². The molecule has 0 N–H and O–H groups in total. The van der Waals surface area contributed by atoms with E-state index in [1.165, 1.54) is 22.5 Å². The Morgan fingerprint density at radius 3 is 3.12 bits per heavy atom. The molecule has 1 aliphatic heterocycles. The molecule has 2 nitrogen and oxygen atoms in total. The largest absolute Gasteiger partial charge is 0.293 e. The molecule has 1 aliphatic rings. The third-order valence-corrected chi connectivity index (χ3v) is 4.73. The summed E-state index contributed by atoms with van der Waals surface area (Å²) in [7, 11) is 0. The SMILES string of the molecule is ClCC1CCCN1Cc1nc2ccccc2s1. The number of rotatable bonds is 3. The van der Waals surface area contributed by atoms with E-state index in [0.717, 1.165) is 24.5 Å². The van der Waals surface area contributed by atoms with Crippen LogP contribution in [0.1, 0.15) is 17.8 Å². The van der Waals surface area contributed by atoms with Crippen LogP contribution in [0.4, 0.5) is 0 Å². The summed E-state index contributed by atoms with van der Waals surface area (Å²) >= 11 is 7.79. The zero-order chi connectivity index (χ0) is 11.7. The first-order chi connectivity index (χ1) is 8.36. The van der Waals surface area contributed by atoms with Crippen molar-refractivity contribution in [2.45, 2.75) is 25.4 Å². The number of para-hydroxylation sites is 1. The van der Waals surface area contributed by atoms with Crippen molar-refractivity contribution in [2.24, 2.45) is 0 Å². The van der Waals surface area contributed by atoms with Gasteiger partial charge < -0.3 is 0 Å². The Kier molecular flexibility index (Phi) is 3.32. The Hall–Kier alpha value is -0.640. The minimum absolute atomic E-state index is 0.545. The fourth-order valence-electron chi connectivity index (χ4n) is 2.44. The molecule has 1 aromatic carbocycles. The van der Waals surface area contributed by atoms with Gasteiger partial charge in [0.2, 0.25) is 0 Å². The van der Waals surface area contributed by atoms with Crippen molar-refractivity contribution in [3.63, 3.8) is 0 Å². The van der Waals surface area contributed by atoms with Gasteiger partial charge in [-0.05, 0) is 31.5 Å². The number of benzene rings is 1. The van der Waals surface area contributed by atoms with Crippen LogP contribution in [-0.2, 0) is 6.54 Å². The predicted octanol–water partition coefficient (Wildman–Crippen LogP) is 3.50. The summed E-state index contributed by atoms with van der Waals surface area (Å²) in [5.74, 6) is 0.741. The molecule has 1 aromatic heterocycles. The maximum atomic E-state index is 5.99. The van der Waals surface area contributed by atoms with Gasteiger partial charge in [-0.3, -0.25) is 4.90 Å². The van der Waals surface area contributed by atoms with Gasteiger partial charge in [0, 0.05) is 11.9 Å². The van der Waals surface area contributed by atoms with Crippen LogP contribution in [0.25, 0.3) is 10.2 Å². The van der Waals surface area contributed by atoms with Gasteiger partial charge in [-0.2, -0.15) is 0 Å². The molecule has 0 saturated carbocycles. The molecule has 0 aliphatic carbocycles. The second kappa shape index (κ2) is 4.92. The van der Waals surface area contributed by atoms with Crippen molar-refractivity contribution >= 4 is 33.2 Å². The van der Waals surface area contributed by atoms with E-state index in [4.69, 9.17) is 11.6 Å². The molecule has 1 saturated heterocycles. The highest BCUT2D eigenvalue weighted by molar-refractivity contribution is 7.18. The number of thiazole rings is 1. The van der Waals surface area contributed by atoms with Crippen LogP contribution in [0, 0.1) is 0 Å². The number of hydrogen-bond donors (Lipinski definition) is 0. The fraction of sp³-hybridized carbons (Fsp3) is 0.462. The monoisotopic (exact) mass is 266 g/mol. The number of aromatic nitrogens is 1. The highest BCUT2D eigenvalue weighted by Crippen LogP contribution is 2.26. The fourth-order valence-corrected chi connectivity index (χ4v) is 3.78. The molecule has 0 bridgehead atoms. The lowest BCUT2D eigenvalue weighted by Crippen LogP contribution is -2.29. The second-order valence-electron chi connectivity index (χ2n) is 4.50. The highest BCUT2D eigenvalue weighted by atomic mass is 35.5. The van der Waals surface area contributed by atoms with Crippen LogP contribution in [0.2, 0.25) is 0 Å². The number of fused-ring (bicyclic) bond motifs is 1. The van der Waals surface area contributed by atoms with E-state index in [-0.39, 0.29) is 0 Å². The highest BCUT2D eigenvalue weighted by Gasteiger charge is 2.24. The maximum absolute atomic E-state index is 5.99. The lowest BCUT2D eigenvalue weighted by molar-refractivity contribution is 0.262. The molecular weight excluding hydrogens is 252 g/mol. The lowest BCUT2D eigenvalue weighted by atomic mass is 10.2. The van der Waals surface area contributed by atoms with Gasteiger partial charge in [-0.1, -0.05) is 12.1 Å². The van der Waals surface area contributed by atoms with Crippen LogP contribution in [0.15, 0.2) is 24.3 Å². The molecule has 0 spiro atoms. The van der Waals surface area contributed by atoms with Crippen LogP contribution >= 0.6 is 22.9 Å². The average molecular weight is 267 g/mol. The predicted molar refractivity (Wildman–Crippen MR) is 73.8 cm³/mol. The maximum Gasteiger partial charge on any atom is 0.108 e. The van der Waals surface area contributed by atoms with Crippen LogP contribution in [0.5, 0.6) is 0 Å². The van der Waals surface area contributed by atoms with E-state index in [2.05, 4.69) is 28.1 Å². The molecule has 2 aromatic rings. The van der Waals surface area contributed by atoms with Crippen molar-refractivity contribution in [3.05, 3.63) is 29.3 Å². The van der Waals surface area contributed by atoms with Gasteiger partial charge in [0.1, 0.15) is 5.01 Å². The van der Waals surface area contributed by atoms with Crippen molar-refractivity contribution in [1.29, 1.82) is 0 Å². The molecular formula is C13H15ClN2S. The lowest BCUT2D eigenvalue weighted by Gasteiger charge is -2.20. The molecule has 3 rings (SSSR count). The molecule has 4 heteroatoms. The number of likely N-dealkylation sites (tertiary alicyclic amines) is 1. The van der Waals surface area contributed by atoms with Crippen molar-refractivity contribution < 1.29 is 0 Å². The molecule has 0 radical (unpaired) electrons. The number of nitrogens with zero attached hydrogens (tertiary/aromatic N) is 2. The Balaban J connectivity index is 1.80. The summed E-state index contributed by atoms with van der Waals surface area (Å²) in [6.45, 7) is 2.12. The standard InChI is InChI=1S/C13H15ClN2S/c14-8-10-4-3-7-16(10)9-13-15-11-5-1-2-6-12(11)17-13/h1-2,5-6,10H,3-4,7-9H2. The smallest absolute Gasteiger partial charge is 0.108 e. The number of halogens is 1. The van der Waals surface area contributed by atoms with Crippen molar-refractivity contribution in [2.75, 3.05) is 12.4 Å². The summed E-state index contributed by atoms with van der Waals surface area (Å²) in [6, 6.07) is 8.88. The zero-order valence-electron chi connectivity index (χ0n) is 9.60. The Bertz CT molecular complexity index is 478. The summed E-state index contributed by atoms with van der Waals surface area (Å²) in [6.07, 6.45) is 2.50. The van der Waals surface area contributed by atoms with Crippen LogP contribution < -0.4 is 0 Å². The zero-order valence-corrected chi connectivity index (χ0v) is 11.2. The second-order valence-corrected chi connectivity index (χ2v) is 5.92. The summed E-state index contributed by atoms with van der Waals surface area (Å²) in [4.78, 5) is 7.14. The molecule has 1 fully saturated rings. The minimum Gasteiger partial charge on any atom is -0.293 e. The molecule has 2 heterocycles. The third kappa shape index (κ3) is 2.32. The van der Waals surface area contributed by atoms with Gasteiger partial charge in [0.25, 0.3) is 0 Å². The van der Waals surface area contributed by atoms with Crippen LogP contribution in [-0.4, -0.2) is 28.4 Å². The average Bonchev–Trinajstić information content (AvgIpc) is 2.94. The van der Waals surface area contributed by atoms with Gasteiger partial charge in [0.15, 0.2) is 0 Å².